The molecule has 0 amide bonds. The molecular weight excluding hydrogens is 354 g/mol. The number of anilines is 3. The predicted octanol–water partition coefficient (Wildman–Crippen LogP) is 6.72. The standard InChI is InChI=1S/C26H19N3/c27-24-16-14-19-12-11-18-13-15-22(17-23(18)25(19)26(24)28)29(20-7-3-1-4-8-20)21-9-5-2-6-10-21/h1-17,27-28H. The summed E-state index contributed by atoms with van der Waals surface area (Å²) in [5.74, 6) is 0. The quantitative estimate of drug-likeness (QED) is 0.411. The molecule has 1 aliphatic rings. The topological polar surface area (TPSA) is 50.9 Å². The van der Waals surface area contributed by atoms with Crippen LogP contribution in [-0.2, 0) is 0 Å². The van der Waals surface area contributed by atoms with Crippen LogP contribution in [-0.4, -0.2) is 11.4 Å². The van der Waals surface area contributed by atoms with Gasteiger partial charge in [-0.1, -0.05) is 60.7 Å². The number of nitrogens with one attached hydrogen (secondary N) is 2. The Morgan fingerprint density at radius 3 is 1.86 bits per heavy atom. The van der Waals surface area contributed by atoms with Gasteiger partial charge in [-0.3, -0.25) is 10.8 Å². The first kappa shape index (κ1) is 17.1. The molecule has 0 heterocycles. The summed E-state index contributed by atoms with van der Waals surface area (Å²) >= 11 is 0. The number of fused-ring (bicyclic) bond motifs is 3. The normalized spacial score (nSPS) is 12.8. The Kier molecular flexibility index (Phi) is 4.07. The van der Waals surface area contributed by atoms with Crippen molar-refractivity contribution in [2.45, 2.75) is 0 Å². The fourth-order valence-corrected chi connectivity index (χ4v) is 3.87. The second-order valence-corrected chi connectivity index (χ2v) is 7.06. The van der Waals surface area contributed by atoms with Crippen molar-refractivity contribution in [1.29, 1.82) is 10.8 Å². The van der Waals surface area contributed by atoms with Crippen LogP contribution in [0.1, 0.15) is 11.1 Å². The number of hydrogen-bond donors (Lipinski definition) is 2. The minimum Gasteiger partial charge on any atom is -0.310 e. The molecule has 2 N–H and O–H groups in total. The fourth-order valence-electron chi connectivity index (χ4n) is 3.87. The van der Waals surface area contributed by atoms with Gasteiger partial charge in [0.2, 0.25) is 0 Å². The molecule has 4 aromatic carbocycles. The molecule has 0 spiro atoms. The van der Waals surface area contributed by atoms with Gasteiger partial charge in [0.1, 0.15) is 0 Å². The van der Waals surface area contributed by atoms with Crippen LogP contribution in [0.15, 0.2) is 97.1 Å². The molecule has 0 unspecified atom stereocenters. The maximum atomic E-state index is 8.48. The molecule has 0 saturated carbocycles. The first-order valence-electron chi connectivity index (χ1n) is 9.55. The maximum Gasteiger partial charge on any atom is 0.0873 e. The van der Waals surface area contributed by atoms with E-state index in [4.69, 9.17) is 10.8 Å². The monoisotopic (exact) mass is 373 g/mol. The van der Waals surface area contributed by atoms with E-state index in [0.29, 0.717) is 0 Å². The highest BCUT2D eigenvalue weighted by Crippen LogP contribution is 2.37. The van der Waals surface area contributed by atoms with Gasteiger partial charge in [-0.15, -0.1) is 0 Å². The minimum absolute atomic E-state index is 0.248. The van der Waals surface area contributed by atoms with Crippen LogP contribution in [0, 0.1) is 10.8 Å². The van der Waals surface area contributed by atoms with Gasteiger partial charge in [0.15, 0.2) is 0 Å². The van der Waals surface area contributed by atoms with Crippen LogP contribution >= 0.6 is 0 Å². The Morgan fingerprint density at radius 1 is 0.586 bits per heavy atom. The first-order valence-corrected chi connectivity index (χ1v) is 9.55. The second kappa shape index (κ2) is 6.88. The van der Waals surface area contributed by atoms with Gasteiger partial charge in [-0.05, 0) is 58.8 Å². The van der Waals surface area contributed by atoms with Crippen LogP contribution in [0.3, 0.4) is 0 Å². The molecule has 5 rings (SSSR count). The van der Waals surface area contributed by atoms with E-state index in [2.05, 4.69) is 53.4 Å². The van der Waals surface area contributed by atoms with Crippen LogP contribution in [0.25, 0.3) is 16.8 Å². The van der Waals surface area contributed by atoms with Crippen molar-refractivity contribution in [2.75, 3.05) is 4.90 Å². The molecule has 0 radical (unpaired) electrons. The van der Waals surface area contributed by atoms with E-state index in [1.54, 1.807) is 6.08 Å². The molecule has 0 bridgehead atoms. The number of nitrogens with zero attached hydrogens (tertiary/aromatic N) is 1. The summed E-state index contributed by atoms with van der Waals surface area (Å²) in [6, 6.07) is 31.0. The highest BCUT2D eigenvalue weighted by atomic mass is 15.1. The molecule has 3 heteroatoms. The number of hydrogen-bond acceptors (Lipinski definition) is 3. The van der Waals surface area contributed by atoms with Gasteiger partial charge in [0, 0.05) is 22.6 Å². The van der Waals surface area contributed by atoms with E-state index in [1.807, 2.05) is 48.5 Å². The molecule has 0 fully saturated rings. The highest BCUT2D eigenvalue weighted by Gasteiger charge is 2.19. The molecular formula is C26H19N3. The number of para-hydroxylation sites is 2. The largest absolute Gasteiger partial charge is 0.310 e. The first-order chi connectivity index (χ1) is 14.2. The Balaban J connectivity index is 1.76. The molecule has 0 atom stereocenters. The molecule has 29 heavy (non-hydrogen) atoms. The van der Waals surface area contributed by atoms with E-state index in [9.17, 15) is 0 Å². The van der Waals surface area contributed by atoms with Crippen molar-refractivity contribution in [3.8, 4) is 0 Å². The average Bonchev–Trinajstić information content (AvgIpc) is 2.77. The number of rotatable bonds is 3. The van der Waals surface area contributed by atoms with E-state index in [0.717, 1.165) is 39.0 Å². The second-order valence-electron chi connectivity index (χ2n) is 7.06. The number of allylic oxidation sites excluding steroid dienone is 1. The van der Waals surface area contributed by atoms with Gasteiger partial charge < -0.3 is 4.90 Å². The fraction of sp³-hybridized carbons (Fsp3) is 0. The van der Waals surface area contributed by atoms with Crippen molar-refractivity contribution in [3.63, 3.8) is 0 Å². The van der Waals surface area contributed by atoms with E-state index in [1.165, 1.54) is 0 Å². The van der Waals surface area contributed by atoms with E-state index < -0.39 is 0 Å². The zero-order valence-electron chi connectivity index (χ0n) is 15.8. The van der Waals surface area contributed by atoms with Crippen LogP contribution < -0.4 is 4.90 Å². The summed E-state index contributed by atoms with van der Waals surface area (Å²) in [6.45, 7) is 0. The van der Waals surface area contributed by atoms with Crippen molar-refractivity contribution >= 4 is 45.3 Å². The zero-order chi connectivity index (χ0) is 19.8. The zero-order valence-corrected chi connectivity index (χ0v) is 15.8. The molecule has 0 saturated heterocycles. The Bertz CT molecular complexity index is 1230. The van der Waals surface area contributed by atoms with E-state index in [-0.39, 0.29) is 11.4 Å². The van der Waals surface area contributed by atoms with Gasteiger partial charge in [-0.25, -0.2) is 0 Å². The van der Waals surface area contributed by atoms with Crippen molar-refractivity contribution < 1.29 is 0 Å². The smallest absolute Gasteiger partial charge is 0.0873 e. The molecule has 0 aromatic heterocycles. The lowest BCUT2D eigenvalue weighted by Crippen LogP contribution is -2.16. The van der Waals surface area contributed by atoms with Crippen LogP contribution in [0.4, 0.5) is 17.1 Å². The molecule has 4 aromatic rings. The third kappa shape index (κ3) is 2.93. The predicted molar refractivity (Wildman–Crippen MR) is 122 cm³/mol. The summed E-state index contributed by atoms with van der Waals surface area (Å²) in [5, 5.41) is 18.6. The van der Waals surface area contributed by atoms with Crippen LogP contribution in [0.2, 0.25) is 0 Å². The summed E-state index contributed by atoms with van der Waals surface area (Å²) in [6.07, 6.45) is 3.62. The summed E-state index contributed by atoms with van der Waals surface area (Å²) in [7, 11) is 0. The van der Waals surface area contributed by atoms with Gasteiger partial charge in [-0.2, -0.15) is 0 Å². The van der Waals surface area contributed by atoms with Gasteiger partial charge in [0.25, 0.3) is 0 Å². The van der Waals surface area contributed by atoms with Crippen molar-refractivity contribution in [3.05, 3.63) is 108 Å². The van der Waals surface area contributed by atoms with Gasteiger partial charge >= 0.3 is 0 Å². The molecule has 138 valence electrons. The summed E-state index contributed by atoms with van der Waals surface area (Å²) in [4.78, 5) is 2.21. The lowest BCUT2D eigenvalue weighted by Gasteiger charge is -2.26. The van der Waals surface area contributed by atoms with Crippen LogP contribution in [0.5, 0.6) is 0 Å². The molecule has 0 aliphatic heterocycles. The maximum absolute atomic E-state index is 8.48. The van der Waals surface area contributed by atoms with Crippen molar-refractivity contribution in [2.24, 2.45) is 0 Å². The third-order valence-corrected chi connectivity index (χ3v) is 5.27. The minimum atomic E-state index is 0.248. The lowest BCUT2D eigenvalue weighted by atomic mass is 9.89. The Hall–Kier alpha value is -3.98. The SMILES string of the molecule is N=C1C=Cc2ccc3ccc(N(c4ccccc4)c4ccccc4)cc3c2C1=N. The highest BCUT2D eigenvalue weighted by molar-refractivity contribution is 6.53. The lowest BCUT2D eigenvalue weighted by molar-refractivity contribution is 1.29. The van der Waals surface area contributed by atoms with Gasteiger partial charge in [0.05, 0.1) is 11.4 Å². The Labute approximate surface area is 169 Å². The van der Waals surface area contributed by atoms with Crippen molar-refractivity contribution in [1.82, 2.24) is 0 Å². The molecule has 1 aliphatic carbocycles. The Morgan fingerprint density at radius 2 is 1.21 bits per heavy atom. The summed E-state index contributed by atoms with van der Waals surface area (Å²) in [5.41, 5.74) is 5.52. The third-order valence-electron chi connectivity index (χ3n) is 5.27. The number of benzene rings is 4. The summed E-state index contributed by atoms with van der Waals surface area (Å²) < 4.78 is 0. The molecule has 3 nitrogen and oxygen atoms in total. The average molecular weight is 373 g/mol. The van der Waals surface area contributed by atoms with E-state index >= 15 is 0 Å².